The minimum Gasteiger partial charge on any atom is -0.396 e. The standard InChI is InChI=1S/C15H18BrNO2/c16-14-3-1-2-12(10-14)4-5-15(19)17-8-6-13(11-18)7-9-17/h1-5,10,13,18H,6-9,11H2/b5-4+. The first kappa shape index (κ1) is 14.3. The highest BCUT2D eigenvalue weighted by Crippen LogP contribution is 2.17. The van der Waals surface area contributed by atoms with Crippen molar-refractivity contribution in [3.63, 3.8) is 0 Å². The van der Waals surface area contributed by atoms with Gasteiger partial charge in [0, 0.05) is 30.2 Å². The topological polar surface area (TPSA) is 40.5 Å². The van der Waals surface area contributed by atoms with Crippen molar-refractivity contribution in [1.82, 2.24) is 4.90 Å². The first-order valence-corrected chi connectivity index (χ1v) is 7.32. The fourth-order valence-electron chi connectivity index (χ4n) is 2.22. The third-order valence-electron chi connectivity index (χ3n) is 3.45. The van der Waals surface area contributed by atoms with Crippen molar-refractivity contribution in [1.29, 1.82) is 0 Å². The molecule has 0 aromatic heterocycles. The molecule has 0 unspecified atom stereocenters. The molecule has 1 aliphatic rings. The first-order valence-electron chi connectivity index (χ1n) is 6.52. The summed E-state index contributed by atoms with van der Waals surface area (Å²) >= 11 is 3.41. The van der Waals surface area contributed by atoms with Crippen LogP contribution >= 0.6 is 15.9 Å². The summed E-state index contributed by atoms with van der Waals surface area (Å²) in [6, 6.07) is 7.84. The Balaban J connectivity index is 1.91. The van der Waals surface area contributed by atoms with E-state index in [0.717, 1.165) is 36.0 Å². The molecule has 3 nitrogen and oxygen atoms in total. The molecule has 1 amide bonds. The SMILES string of the molecule is O=C(/C=C/c1cccc(Br)c1)N1CCC(CO)CC1. The molecule has 0 aliphatic carbocycles. The Hall–Kier alpha value is -1.13. The highest BCUT2D eigenvalue weighted by Gasteiger charge is 2.20. The van der Waals surface area contributed by atoms with Gasteiger partial charge in [0.2, 0.25) is 5.91 Å². The Bertz CT molecular complexity index is 465. The molecule has 0 saturated carbocycles. The Morgan fingerprint density at radius 3 is 2.79 bits per heavy atom. The van der Waals surface area contributed by atoms with Gasteiger partial charge in [-0.15, -0.1) is 0 Å². The minimum atomic E-state index is 0.0522. The number of piperidine rings is 1. The van der Waals surface area contributed by atoms with Crippen LogP contribution in [0, 0.1) is 5.92 Å². The molecule has 0 bridgehead atoms. The van der Waals surface area contributed by atoms with E-state index in [1.54, 1.807) is 6.08 Å². The molecule has 1 heterocycles. The van der Waals surface area contributed by atoms with Gasteiger partial charge in [0.25, 0.3) is 0 Å². The van der Waals surface area contributed by atoms with Crippen LogP contribution in [0.5, 0.6) is 0 Å². The molecule has 1 aromatic rings. The fraction of sp³-hybridized carbons (Fsp3) is 0.400. The maximum Gasteiger partial charge on any atom is 0.246 e. The highest BCUT2D eigenvalue weighted by atomic mass is 79.9. The summed E-state index contributed by atoms with van der Waals surface area (Å²) in [4.78, 5) is 13.9. The second-order valence-corrected chi connectivity index (χ2v) is 5.76. The van der Waals surface area contributed by atoms with Gasteiger partial charge in [-0.05, 0) is 42.5 Å². The van der Waals surface area contributed by atoms with E-state index in [0.29, 0.717) is 5.92 Å². The van der Waals surface area contributed by atoms with Crippen LogP contribution in [-0.2, 0) is 4.79 Å². The lowest BCUT2D eigenvalue weighted by Gasteiger charge is -2.30. The Kier molecular flexibility index (Phi) is 5.16. The molecule has 102 valence electrons. The number of rotatable bonds is 3. The summed E-state index contributed by atoms with van der Waals surface area (Å²) in [6.45, 7) is 1.72. The number of hydrogen-bond donors (Lipinski definition) is 1. The zero-order valence-corrected chi connectivity index (χ0v) is 12.3. The fourth-order valence-corrected chi connectivity index (χ4v) is 2.64. The van der Waals surface area contributed by atoms with Crippen molar-refractivity contribution in [2.75, 3.05) is 19.7 Å². The Morgan fingerprint density at radius 1 is 1.42 bits per heavy atom. The number of aliphatic hydroxyl groups excluding tert-OH is 1. The van der Waals surface area contributed by atoms with Gasteiger partial charge in [0.05, 0.1) is 0 Å². The van der Waals surface area contributed by atoms with Crippen LogP contribution in [0.15, 0.2) is 34.8 Å². The van der Waals surface area contributed by atoms with Crippen molar-refractivity contribution < 1.29 is 9.90 Å². The molecule has 0 atom stereocenters. The number of benzene rings is 1. The van der Waals surface area contributed by atoms with E-state index < -0.39 is 0 Å². The highest BCUT2D eigenvalue weighted by molar-refractivity contribution is 9.10. The lowest BCUT2D eigenvalue weighted by molar-refractivity contribution is -0.127. The molecule has 0 spiro atoms. The monoisotopic (exact) mass is 323 g/mol. The van der Waals surface area contributed by atoms with Crippen LogP contribution in [0.3, 0.4) is 0 Å². The van der Waals surface area contributed by atoms with Crippen LogP contribution in [0.2, 0.25) is 0 Å². The van der Waals surface area contributed by atoms with Gasteiger partial charge in [0.15, 0.2) is 0 Å². The van der Waals surface area contributed by atoms with E-state index >= 15 is 0 Å². The molecule has 4 heteroatoms. The van der Waals surface area contributed by atoms with Crippen LogP contribution in [-0.4, -0.2) is 35.6 Å². The van der Waals surface area contributed by atoms with Gasteiger partial charge in [0.1, 0.15) is 0 Å². The normalized spacial score (nSPS) is 17.1. The van der Waals surface area contributed by atoms with Gasteiger partial charge >= 0.3 is 0 Å². The number of amides is 1. The summed E-state index contributed by atoms with van der Waals surface area (Å²) in [5.41, 5.74) is 1.01. The van der Waals surface area contributed by atoms with E-state index in [-0.39, 0.29) is 12.5 Å². The third-order valence-corrected chi connectivity index (χ3v) is 3.94. The van der Waals surface area contributed by atoms with Gasteiger partial charge in [-0.2, -0.15) is 0 Å². The van der Waals surface area contributed by atoms with Gasteiger partial charge in [-0.1, -0.05) is 28.1 Å². The van der Waals surface area contributed by atoms with Crippen molar-refractivity contribution in [3.8, 4) is 0 Å². The number of hydrogen-bond acceptors (Lipinski definition) is 2. The number of carbonyl (C=O) groups is 1. The molecule has 19 heavy (non-hydrogen) atoms. The van der Waals surface area contributed by atoms with Crippen molar-refractivity contribution >= 4 is 27.9 Å². The van der Waals surface area contributed by atoms with Crippen molar-refractivity contribution in [2.24, 2.45) is 5.92 Å². The second-order valence-electron chi connectivity index (χ2n) is 4.84. The second kappa shape index (κ2) is 6.87. The average molecular weight is 324 g/mol. The maximum absolute atomic E-state index is 12.0. The van der Waals surface area contributed by atoms with E-state index in [4.69, 9.17) is 5.11 Å². The molecule has 1 saturated heterocycles. The van der Waals surface area contributed by atoms with Crippen LogP contribution < -0.4 is 0 Å². The van der Waals surface area contributed by atoms with Crippen LogP contribution in [0.1, 0.15) is 18.4 Å². The average Bonchev–Trinajstić information content (AvgIpc) is 2.45. The summed E-state index contributed by atoms with van der Waals surface area (Å²) in [6.07, 6.45) is 5.26. The number of nitrogens with zero attached hydrogens (tertiary/aromatic N) is 1. The largest absolute Gasteiger partial charge is 0.396 e. The van der Waals surface area contributed by atoms with Gasteiger partial charge < -0.3 is 10.0 Å². The lowest BCUT2D eigenvalue weighted by atomic mass is 9.98. The van der Waals surface area contributed by atoms with Crippen LogP contribution in [0.4, 0.5) is 0 Å². The smallest absolute Gasteiger partial charge is 0.246 e. The number of halogens is 1. The number of aliphatic hydroxyl groups is 1. The van der Waals surface area contributed by atoms with Crippen molar-refractivity contribution in [3.05, 3.63) is 40.4 Å². The number of likely N-dealkylation sites (tertiary alicyclic amines) is 1. The van der Waals surface area contributed by atoms with Gasteiger partial charge in [-0.25, -0.2) is 0 Å². The van der Waals surface area contributed by atoms with Crippen LogP contribution in [0.25, 0.3) is 6.08 Å². The predicted octanol–water partition coefficient (Wildman–Crippen LogP) is 2.69. The van der Waals surface area contributed by atoms with Crippen molar-refractivity contribution in [2.45, 2.75) is 12.8 Å². The summed E-state index contributed by atoms with van der Waals surface area (Å²) in [7, 11) is 0. The Morgan fingerprint density at radius 2 is 2.16 bits per heavy atom. The lowest BCUT2D eigenvalue weighted by Crippen LogP contribution is -2.38. The molecule has 1 N–H and O–H groups in total. The summed E-state index contributed by atoms with van der Waals surface area (Å²) in [5, 5.41) is 9.07. The maximum atomic E-state index is 12.0. The molecule has 1 aliphatic heterocycles. The molecule has 0 radical (unpaired) electrons. The quantitative estimate of drug-likeness (QED) is 0.869. The molecule has 1 fully saturated rings. The molecular formula is C15H18BrNO2. The van der Waals surface area contributed by atoms with E-state index in [1.165, 1.54) is 0 Å². The Labute approximate surface area is 122 Å². The molecule has 1 aromatic carbocycles. The van der Waals surface area contributed by atoms with E-state index in [2.05, 4.69) is 15.9 Å². The summed E-state index contributed by atoms with van der Waals surface area (Å²) in [5.74, 6) is 0.412. The first-order chi connectivity index (χ1) is 9.19. The predicted molar refractivity (Wildman–Crippen MR) is 79.6 cm³/mol. The van der Waals surface area contributed by atoms with E-state index in [9.17, 15) is 4.79 Å². The zero-order chi connectivity index (χ0) is 13.7. The minimum absolute atomic E-state index is 0.0522. The number of carbonyl (C=O) groups excluding carboxylic acids is 1. The third kappa shape index (κ3) is 4.18. The van der Waals surface area contributed by atoms with Gasteiger partial charge in [-0.3, -0.25) is 4.79 Å². The molecular weight excluding hydrogens is 306 g/mol. The summed E-state index contributed by atoms with van der Waals surface area (Å²) < 4.78 is 1.01. The molecule has 2 rings (SSSR count). The van der Waals surface area contributed by atoms with E-state index in [1.807, 2.05) is 35.2 Å². The zero-order valence-electron chi connectivity index (χ0n) is 10.8.